The maximum absolute atomic E-state index is 12.4. The molecular formula is C20H21NO. The van der Waals surface area contributed by atoms with Crippen molar-refractivity contribution < 1.29 is 4.79 Å². The first kappa shape index (κ1) is 14.7. The standard InChI is InChI=1S/C20H21NO/c1-14(22)18(15-9-5-4-6-10-15)19-17-12-8-7-11-16(17)13-20(2,3)21-19/h4-12,18H,13H2,1-3H3. The molecule has 2 nitrogen and oxygen atoms in total. The Morgan fingerprint density at radius 2 is 1.68 bits per heavy atom. The number of hydrogen-bond acceptors (Lipinski definition) is 2. The minimum Gasteiger partial charge on any atom is -0.299 e. The number of nitrogens with zero attached hydrogens (tertiary/aromatic N) is 1. The molecule has 0 N–H and O–H groups in total. The second-order valence-corrected chi connectivity index (χ2v) is 6.60. The second-order valence-electron chi connectivity index (χ2n) is 6.60. The molecule has 112 valence electrons. The smallest absolute Gasteiger partial charge is 0.143 e. The Hall–Kier alpha value is -2.22. The number of ketones is 1. The molecule has 1 aliphatic rings. The third-order valence-electron chi connectivity index (χ3n) is 4.15. The summed E-state index contributed by atoms with van der Waals surface area (Å²) < 4.78 is 0. The Balaban J connectivity index is 2.18. The van der Waals surface area contributed by atoms with Gasteiger partial charge in [0, 0.05) is 0 Å². The SMILES string of the molecule is CC(=O)C(C1=NC(C)(C)Cc2ccccc21)c1ccccc1. The van der Waals surface area contributed by atoms with Crippen LogP contribution in [0.5, 0.6) is 0 Å². The molecule has 1 atom stereocenters. The van der Waals surface area contributed by atoms with Crippen LogP contribution >= 0.6 is 0 Å². The van der Waals surface area contributed by atoms with Crippen molar-refractivity contribution in [2.75, 3.05) is 0 Å². The van der Waals surface area contributed by atoms with Gasteiger partial charge in [0.05, 0.1) is 17.2 Å². The molecular weight excluding hydrogens is 270 g/mol. The van der Waals surface area contributed by atoms with Crippen molar-refractivity contribution in [2.24, 2.45) is 4.99 Å². The molecule has 0 aromatic heterocycles. The third-order valence-corrected chi connectivity index (χ3v) is 4.15. The van der Waals surface area contributed by atoms with E-state index in [0.29, 0.717) is 0 Å². The van der Waals surface area contributed by atoms with Crippen LogP contribution in [0.2, 0.25) is 0 Å². The van der Waals surface area contributed by atoms with Crippen LogP contribution in [0.15, 0.2) is 59.6 Å². The first-order valence-electron chi connectivity index (χ1n) is 7.71. The van der Waals surface area contributed by atoms with E-state index in [1.807, 2.05) is 36.4 Å². The van der Waals surface area contributed by atoms with Gasteiger partial charge in [0.25, 0.3) is 0 Å². The van der Waals surface area contributed by atoms with Crippen LogP contribution in [-0.4, -0.2) is 17.0 Å². The average Bonchev–Trinajstić information content (AvgIpc) is 2.47. The summed E-state index contributed by atoms with van der Waals surface area (Å²) in [4.78, 5) is 17.3. The van der Waals surface area contributed by atoms with E-state index in [0.717, 1.165) is 23.3 Å². The largest absolute Gasteiger partial charge is 0.299 e. The quantitative estimate of drug-likeness (QED) is 0.834. The molecule has 0 aliphatic carbocycles. The van der Waals surface area contributed by atoms with Crippen LogP contribution in [-0.2, 0) is 11.2 Å². The molecule has 0 saturated heterocycles. The fraction of sp³-hybridized carbons (Fsp3) is 0.300. The van der Waals surface area contributed by atoms with E-state index in [2.05, 4.69) is 32.0 Å². The number of benzene rings is 2. The maximum atomic E-state index is 12.4. The average molecular weight is 291 g/mol. The lowest BCUT2D eigenvalue weighted by molar-refractivity contribution is -0.117. The molecule has 0 radical (unpaired) electrons. The van der Waals surface area contributed by atoms with E-state index in [-0.39, 0.29) is 17.2 Å². The van der Waals surface area contributed by atoms with Crippen molar-refractivity contribution in [3.63, 3.8) is 0 Å². The zero-order valence-electron chi connectivity index (χ0n) is 13.3. The van der Waals surface area contributed by atoms with Crippen molar-refractivity contribution >= 4 is 11.5 Å². The molecule has 0 spiro atoms. The summed E-state index contributed by atoms with van der Waals surface area (Å²) in [6.45, 7) is 5.92. The van der Waals surface area contributed by atoms with Crippen LogP contribution in [0.25, 0.3) is 0 Å². The summed E-state index contributed by atoms with van der Waals surface area (Å²) in [6.07, 6.45) is 0.909. The Kier molecular flexibility index (Phi) is 3.69. The van der Waals surface area contributed by atoms with Gasteiger partial charge in [0.2, 0.25) is 0 Å². The number of hydrogen-bond donors (Lipinski definition) is 0. The van der Waals surface area contributed by atoms with Gasteiger partial charge in [0.1, 0.15) is 5.78 Å². The van der Waals surface area contributed by atoms with Gasteiger partial charge < -0.3 is 0 Å². The Morgan fingerprint density at radius 1 is 1.05 bits per heavy atom. The van der Waals surface area contributed by atoms with E-state index < -0.39 is 0 Å². The third kappa shape index (κ3) is 2.74. The molecule has 0 amide bonds. The van der Waals surface area contributed by atoms with Crippen LogP contribution in [0.4, 0.5) is 0 Å². The van der Waals surface area contributed by atoms with Gasteiger partial charge in [-0.15, -0.1) is 0 Å². The van der Waals surface area contributed by atoms with Crippen LogP contribution < -0.4 is 0 Å². The van der Waals surface area contributed by atoms with E-state index >= 15 is 0 Å². The molecule has 2 aromatic rings. The number of carbonyl (C=O) groups is 1. The first-order chi connectivity index (χ1) is 10.5. The van der Waals surface area contributed by atoms with Crippen LogP contribution in [0.3, 0.4) is 0 Å². The van der Waals surface area contributed by atoms with Crippen molar-refractivity contribution in [2.45, 2.75) is 38.6 Å². The second kappa shape index (κ2) is 5.53. The van der Waals surface area contributed by atoms with Crippen LogP contribution in [0, 0.1) is 0 Å². The lowest BCUT2D eigenvalue weighted by Gasteiger charge is -2.32. The number of fused-ring (bicyclic) bond motifs is 1. The van der Waals surface area contributed by atoms with Crippen molar-refractivity contribution in [3.8, 4) is 0 Å². The van der Waals surface area contributed by atoms with Gasteiger partial charge in [-0.3, -0.25) is 9.79 Å². The lowest BCUT2D eigenvalue weighted by atomic mass is 9.79. The molecule has 0 fully saturated rings. The Labute approximate surface area is 131 Å². The van der Waals surface area contributed by atoms with Gasteiger partial charge in [0.15, 0.2) is 0 Å². The van der Waals surface area contributed by atoms with Gasteiger partial charge in [-0.25, -0.2) is 0 Å². The van der Waals surface area contributed by atoms with Gasteiger partial charge in [-0.1, -0.05) is 54.6 Å². The highest BCUT2D eigenvalue weighted by atomic mass is 16.1. The van der Waals surface area contributed by atoms with Gasteiger partial charge in [-0.05, 0) is 43.9 Å². The molecule has 0 saturated carbocycles. The molecule has 1 aliphatic heterocycles. The lowest BCUT2D eigenvalue weighted by Crippen LogP contribution is -2.33. The van der Waals surface area contributed by atoms with E-state index in [1.54, 1.807) is 6.92 Å². The molecule has 1 unspecified atom stereocenters. The summed E-state index contributed by atoms with van der Waals surface area (Å²) in [7, 11) is 0. The molecule has 0 bridgehead atoms. The van der Waals surface area contributed by atoms with Crippen molar-refractivity contribution in [1.29, 1.82) is 0 Å². The van der Waals surface area contributed by atoms with E-state index in [4.69, 9.17) is 4.99 Å². The zero-order valence-corrected chi connectivity index (χ0v) is 13.3. The summed E-state index contributed by atoms with van der Waals surface area (Å²) in [6, 6.07) is 18.3. The summed E-state index contributed by atoms with van der Waals surface area (Å²) >= 11 is 0. The Morgan fingerprint density at radius 3 is 2.36 bits per heavy atom. The summed E-state index contributed by atoms with van der Waals surface area (Å²) in [5.41, 5.74) is 4.14. The van der Waals surface area contributed by atoms with Gasteiger partial charge >= 0.3 is 0 Å². The molecule has 1 heterocycles. The molecule has 3 rings (SSSR count). The highest BCUT2D eigenvalue weighted by molar-refractivity contribution is 6.18. The minimum absolute atomic E-state index is 0.137. The fourth-order valence-electron chi connectivity index (χ4n) is 3.27. The zero-order chi connectivity index (χ0) is 15.7. The Bertz CT molecular complexity index is 728. The monoisotopic (exact) mass is 291 g/mol. The first-order valence-corrected chi connectivity index (χ1v) is 7.71. The fourth-order valence-corrected chi connectivity index (χ4v) is 3.27. The maximum Gasteiger partial charge on any atom is 0.143 e. The van der Waals surface area contributed by atoms with E-state index in [9.17, 15) is 4.79 Å². The topological polar surface area (TPSA) is 29.4 Å². The number of rotatable bonds is 3. The summed E-state index contributed by atoms with van der Waals surface area (Å²) in [5.74, 6) is -0.153. The highest BCUT2D eigenvalue weighted by Gasteiger charge is 2.32. The normalized spacial score (nSPS) is 17.3. The van der Waals surface area contributed by atoms with E-state index in [1.165, 1.54) is 5.56 Å². The predicted octanol–water partition coefficient (Wildman–Crippen LogP) is 4.18. The number of Topliss-reactive ketones (excluding diaryl/α,β-unsaturated/α-hetero) is 1. The number of carbonyl (C=O) groups excluding carboxylic acids is 1. The van der Waals surface area contributed by atoms with Crippen LogP contribution in [0.1, 0.15) is 43.4 Å². The predicted molar refractivity (Wildman–Crippen MR) is 90.6 cm³/mol. The molecule has 22 heavy (non-hydrogen) atoms. The van der Waals surface area contributed by atoms with Crippen molar-refractivity contribution in [1.82, 2.24) is 0 Å². The minimum atomic E-state index is -0.290. The van der Waals surface area contributed by atoms with Crippen molar-refractivity contribution in [3.05, 3.63) is 71.3 Å². The molecule has 2 heteroatoms. The molecule has 2 aromatic carbocycles. The highest BCUT2D eigenvalue weighted by Crippen LogP contribution is 2.33. The summed E-state index contributed by atoms with van der Waals surface area (Å²) in [5, 5.41) is 0. The van der Waals surface area contributed by atoms with Gasteiger partial charge in [-0.2, -0.15) is 0 Å². The number of aliphatic imine (C=N–C) groups is 1.